The van der Waals surface area contributed by atoms with Gasteiger partial charge < -0.3 is 20.0 Å². The molecular formula is C31H33Cl2N5O2. The van der Waals surface area contributed by atoms with E-state index in [-0.39, 0.29) is 30.9 Å². The summed E-state index contributed by atoms with van der Waals surface area (Å²) >= 11 is 12.3. The number of carbonyl (C=O) groups is 2. The molecule has 1 fully saturated rings. The smallest absolute Gasteiger partial charge is 0.242 e. The highest BCUT2D eigenvalue weighted by atomic mass is 35.5. The Hall–Kier alpha value is -3.57. The number of hydrogen-bond acceptors (Lipinski definition) is 5. The van der Waals surface area contributed by atoms with E-state index in [0.29, 0.717) is 15.7 Å². The molecule has 40 heavy (non-hydrogen) atoms. The van der Waals surface area contributed by atoms with E-state index in [9.17, 15) is 14.9 Å². The molecule has 3 aromatic rings. The Morgan fingerprint density at radius 2 is 1.60 bits per heavy atom. The number of likely N-dealkylation sites (tertiary alicyclic amines) is 1. The Labute approximate surface area is 245 Å². The van der Waals surface area contributed by atoms with Crippen LogP contribution in [-0.4, -0.2) is 61.4 Å². The zero-order valence-corrected chi connectivity index (χ0v) is 24.3. The van der Waals surface area contributed by atoms with Gasteiger partial charge in [0.2, 0.25) is 11.8 Å². The summed E-state index contributed by atoms with van der Waals surface area (Å²) in [5, 5.41) is 13.0. The first kappa shape index (κ1) is 29.4. The van der Waals surface area contributed by atoms with Gasteiger partial charge in [-0.2, -0.15) is 5.26 Å². The van der Waals surface area contributed by atoms with Gasteiger partial charge >= 0.3 is 0 Å². The Morgan fingerprint density at radius 3 is 2.17 bits per heavy atom. The van der Waals surface area contributed by atoms with Gasteiger partial charge in [-0.1, -0.05) is 59.6 Å². The van der Waals surface area contributed by atoms with Crippen molar-refractivity contribution in [3.8, 4) is 17.2 Å². The second-order valence-corrected chi connectivity index (χ2v) is 10.8. The summed E-state index contributed by atoms with van der Waals surface area (Å²) in [5.74, 6) is -0.198. The predicted molar refractivity (Wildman–Crippen MR) is 162 cm³/mol. The van der Waals surface area contributed by atoms with E-state index in [0.717, 1.165) is 54.9 Å². The maximum Gasteiger partial charge on any atom is 0.242 e. The molecule has 0 spiro atoms. The van der Waals surface area contributed by atoms with Gasteiger partial charge in [0.25, 0.3) is 0 Å². The third-order valence-corrected chi connectivity index (χ3v) is 7.92. The lowest BCUT2D eigenvalue weighted by molar-refractivity contribution is -0.131. The van der Waals surface area contributed by atoms with Gasteiger partial charge in [0.15, 0.2) is 0 Å². The molecule has 0 bridgehead atoms. The summed E-state index contributed by atoms with van der Waals surface area (Å²) in [6.45, 7) is 4.34. The molecule has 3 aromatic carbocycles. The molecule has 4 rings (SSSR count). The molecule has 208 valence electrons. The summed E-state index contributed by atoms with van der Waals surface area (Å²) in [5.41, 5.74) is 4.55. The fourth-order valence-corrected chi connectivity index (χ4v) is 5.25. The third-order valence-electron chi connectivity index (χ3n) is 7.18. The minimum atomic E-state index is -0.153. The third kappa shape index (κ3) is 7.54. The average Bonchev–Trinajstić information content (AvgIpc) is 3.46. The molecule has 1 N–H and O–H groups in total. The minimum Gasteiger partial charge on any atom is -0.349 e. The number of nitrogens with one attached hydrogen (secondary N) is 1. The predicted octanol–water partition coefficient (Wildman–Crippen LogP) is 6.24. The van der Waals surface area contributed by atoms with Crippen LogP contribution >= 0.6 is 23.2 Å². The van der Waals surface area contributed by atoms with Crippen molar-refractivity contribution in [1.29, 1.82) is 5.26 Å². The monoisotopic (exact) mass is 577 g/mol. The Bertz CT molecular complexity index is 1370. The molecule has 0 aromatic heterocycles. The van der Waals surface area contributed by atoms with Crippen molar-refractivity contribution in [2.45, 2.75) is 25.8 Å². The summed E-state index contributed by atoms with van der Waals surface area (Å²) in [4.78, 5) is 30.8. The van der Waals surface area contributed by atoms with E-state index in [1.54, 1.807) is 28.0 Å². The maximum absolute atomic E-state index is 13.6. The minimum absolute atomic E-state index is 0.0389. The first-order chi connectivity index (χ1) is 19.2. The van der Waals surface area contributed by atoms with Crippen LogP contribution in [0.1, 0.15) is 31.4 Å². The number of likely N-dealkylation sites (N-methyl/N-ethyl adjacent to an activating group) is 1. The summed E-state index contributed by atoms with van der Waals surface area (Å²) in [6, 6.07) is 23.1. The van der Waals surface area contributed by atoms with Crippen LogP contribution in [-0.2, 0) is 9.59 Å². The van der Waals surface area contributed by atoms with Crippen LogP contribution in [0.25, 0.3) is 11.1 Å². The second-order valence-electron chi connectivity index (χ2n) is 10.0. The summed E-state index contributed by atoms with van der Waals surface area (Å²) in [6.07, 6.45) is 2.32. The van der Waals surface area contributed by atoms with Crippen LogP contribution in [0.3, 0.4) is 0 Å². The zero-order valence-electron chi connectivity index (χ0n) is 22.7. The maximum atomic E-state index is 13.6. The van der Waals surface area contributed by atoms with E-state index in [4.69, 9.17) is 23.2 Å². The van der Waals surface area contributed by atoms with Crippen molar-refractivity contribution in [2.75, 3.05) is 50.0 Å². The Kier molecular flexibility index (Phi) is 10.1. The quantitative estimate of drug-likeness (QED) is 0.288. The number of benzene rings is 3. The highest BCUT2D eigenvalue weighted by molar-refractivity contribution is 6.42. The Balaban J connectivity index is 1.54. The van der Waals surface area contributed by atoms with E-state index in [2.05, 4.69) is 40.6 Å². The summed E-state index contributed by atoms with van der Waals surface area (Å²) in [7, 11) is 1.83. The number of halogens is 2. The number of amides is 2. The molecule has 0 aliphatic carbocycles. The fourth-order valence-electron chi connectivity index (χ4n) is 4.96. The van der Waals surface area contributed by atoms with Gasteiger partial charge in [-0.3, -0.25) is 9.59 Å². The largest absolute Gasteiger partial charge is 0.349 e. The van der Waals surface area contributed by atoms with Gasteiger partial charge in [0.05, 0.1) is 28.7 Å². The molecule has 1 atom stereocenters. The van der Waals surface area contributed by atoms with Crippen molar-refractivity contribution in [1.82, 2.24) is 9.80 Å². The molecule has 1 aliphatic heterocycles. The van der Waals surface area contributed by atoms with Crippen LogP contribution in [0.4, 0.5) is 11.4 Å². The van der Waals surface area contributed by atoms with E-state index in [1.165, 1.54) is 6.92 Å². The second kappa shape index (κ2) is 13.7. The van der Waals surface area contributed by atoms with Crippen molar-refractivity contribution in [2.24, 2.45) is 0 Å². The lowest BCUT2D eigenvalue weighted by Gasteiger charge is -2.34. The molecule has 1 saturated heterocycles. The average molecular weight is 579 g/mol. The molecule has 0 saturated carbocycles. The number of carbonyl (C=O) groups excluding carboxylic acids is 2. The van der Waals surface area contributed by atoms with Gasteiger partial charge in [0, 0.05) is 31.9 Å². The van der Waals surface area contributed by atoms with Crippen molar-refractivity contribution in [3.63, 3.8) is 0 Å². The number of anilines is 2. The molecule has 9 heteroatoms. The van der Waals surface area contributed by atoms with Crippen LogP contribution < -0.4 is 10.2 Å². The van der Waals surface area contributed by atoms with E-state index < -0.39 is 0 Å². The molecule has 7 nitrogen and oxygen atoms in total. The number of hydrogen-bond donors (Lipinski definition) is 1. The lowest BCUT2D eigenvalue weighted by atomic mass is 9.99. The highest BCUT2D eigenvalue weighted by Gasteiger charge is 2.27. The van der Waals surface area contributed by atoms with Crippen LogP contribution in [0, 0.1) is 11.3 Å². The van der Waals surface area contributed by atoms with Crippen molar-refractivity contribution >= 4 is 46.4 Å². The highest BCUT2D eigenvalue weighted by Crippen LogP contribution is 2.29. The van der Waals surface area contributed by atoms with Crippen LogP contribution in [0.15, 0.2) is 66.7 Å². The van der Waals surface area contributed by atoms with Gasteiger partial charge in [-0.25, -0.2) is 0 Å². The van der Waals surface area contributed by atoms with Crippen molar-refractivity contribution in [3.05, 3.63) is 82.3 Å². The van der Waals surface area contributed by atoms with E-state index >= 15 is 0 Å². The van der Waals surface area contributed by atoms with Gasteiger partial charge in [-0.15, -0.1) is 0 Å². The molecule has 0 radical (unpaired) electrons. The molecule has 1 heterocycles. The standard InChI is InChI=1S/C31H33Cl2N5O2/c1-22(39)35-26-11-9-24(10-12-26)23-5-7-25(8-6-23)30(20-37-16-3-4-17-37)36(2)31(40)21-38(18-15-34)27-13-14-28(32)29(33)19-27/h5-14,19,30H,3-4,16-18,20-21H2,1-2H3,(H,35,39)/t30-/m0/s1. The number of nitriles is 1. The molecular weight excluding hydrogens is 545 g/mol. The topological polar surface area (TPSA) is 79.7 Å². The molecule has 0 unspecified atom stereocenters. The first-order valence-corrected chi connectivity index (χ1v) is 14.0. The van der Waals surface area contributed by atoms with E-state index in [1.807, 2.05) is 31.3 Å². The fraction of sp³-hybridized carbons (Fsp3) is 0.323. The lowest BCUT2D eigenvalue weighted by Crippen LogP contribution is -2.43. The first-order valence-electron chi connectivity index (χ1n) is 13.3. The Morgan fingerprint density at radius 1 is 0.975 bits per heavy atom. The summed E-state index contributed by atoms with van der Waals surface area (Å²) < 4.78 is 0. The normalized spacial score (nSPS) is 13.9. The molecule has 2 amide bonds. The molecule has 1 aliphatic rings. The van der Waals surface area contributed by atoms with Gasteiger partial charge in [-0.05, 0) is 73.0 Å². The SMILES string of the molecule is CC(=O)Nc1ccc(-c2ccc([C@H](CN3CCCC3)N(C)C(=O)CN(CC#N)c3ccc(Cl)c(Cl)c3)cc2)cc1. The number of nitrogens with zero attached hydrogens (tertiary/aromatic N) is 4. The zero-order chi connectivity index (χ0) is 28.6. The van der Waals surface area contributed by atoms with Crippen molar-refractivity contribution < 1.29 is 9.59 Å². The van der Waals surface area contributed by atoms with Gasteiger partial charge in [0.1, 0.15) is 6.54 Å². The number of rotatable bonds is 10. The van der Waals surface area contributed by atoms with Crippen LogP contribution in [0.5, 0.6) is 0 Å². The van der Waals surface area contributed by atoms with Crippen LogP contribution in [0.2, 0.25) is 10.0 Å².